The smallest absolute Gasteiger partial charge is 0.134 e. The zero-order valence-electron chi connectivity index (χ0n) is 13.9. The highest BCUT2D eigenvalue weighted by Crippen LogP contribution is 2.26. The van der Waals surface area contributed by atoms with E-state index in [2.05, 4.69) is 42.2 Å². The van der Waals surface area contributed by atoms with Gasteiger partial charge in [0.05, 0.1) is 13.2 Å². The lowest BCUT2D eigenvalue weighted by atomic mass is 10.0. The Labute approximate surface area is 137 Å². The van der Waals surface area contributed by atoms with Gasteiger partial charge in [-0.25, -0.2) is 0 Å². The first-order valence-corrected chi connectivity index (χ1v) is 8.83. The molecule has 0 amide bonds. The molecule has 122 valence electrons. The molecule has 2 aliphatic heterocycles. The van der Waals surface area contributed by atoms with Crippen molar-refractivity contribution in [2.45, 2.75) is 38.6 Å². The molecule has 0 aliphatic carbocycles. The summed E-state index contributed by atoms with van der Waals surface area (Å²) in [4.78, 5) is 2.57. The number of likely N-dealkylation sites (tertiary alicyclic amines) is 1. The Kier molecular flexibility index (Phi) is 4.23. The van der Waals surface area contributed by atoms with Gasteiger partial charge in [-0.2, -0.15) is 0 Å². The second-order valence-electron chi connectivity index (χ2n) is 6.81. The number of nitrogens with zero attached hydrogens (tertiary/aromatic N) is 1. The molecular weight excluding hydrogens is 286 g/mol. The lowest BCUT2D eigenvalue weighted by Gasteiger charge is -2.19. The summed E-state index contributed by atoms with van der Waals surface area (Å²) in [5.41, 5.74) is 3.51. The maximum atomic E-state index is 6.10. The van der Waals surface area contributed by atoms with Gasteiger partial charge in [-0.05, 0) is 56.0 Å². The fourth-order valence-corrected chi connectivity index (χ4v) is 3.75. The van der Waals surface area contributed by atoms with Gasteiger partial charge in [0.15, 0.2) is 0 Å². The number of hydrogen-bond acceptors (Lipinski definition) is 3. The van der Waals surface area contributed by atoms with E-state index in [1.807, 2.05) is 0 Å². The Morgan fingerprint density at radius 2 is 2.22 bits per heavy atom. The van der Waals surface area contributed by atoms with Crippen LogP contribution in [0, 0.1) is 0 Å². The second kappa shape index (κ2) is 6.50. The number of benzene rings is 1. The number of ether oxygens (including phenoxy) is 1. The first kappa shape index (κ1) is 15.0. The van der Waals surface area contributed by atoms with Gasteiger partial charge in [0.25, 0.3) is 0 Å². The van der Waals surface area contributed by atoms with Crippen molar-refractivity contribution in [3.05, 3.63) is 41.7 Å². The van der Waals surface area contributed by atoms with Crippen LogP contribution in [0.2, 0.25) is 0 Å². The molecule has 0 N–H and O–H groups in total. The van der Waals surface area contributed by atoms with Crippen LogP contribution < -0.4 is 0 Å². The van der Waals surface area contributed by atoms with Crippen LogP contribution in [0.5, 0.6) is 0 Å². The summed E-state index contributed by atoms with van der Waals surface area (Å²) in [6.07, 6.45) is 6.96. The number of fused-ring (bicyclic) bond motifs is 1. The Hall–Kier alpha value is -1.58. The largest absolute Gasteiger partial charge is 0.461 e. The van der Waals surface area contributed by atoms with Gasteiger partial charge in [-0.3, -0.25) is 0 Å². The summed E-state index contributed by atoms with van der Waals surface area (Å²) in [5, 5.41) is 1.20. The topological polar surface area (TPSA) is 25.6 Å². The van der Waals surface area contributed by atoms with Gasteiger partial charge in [0, 0.05) is 24.4 Å². The lowest BCUT2D eigenvalue weighted by Crippen LogP contribution is -2.28. The quantitative estimate of drug-likeness (QED) is 0.843. The van der Waals surface area contributed by atoms with Crippen LogP contribution in [0.1, 0.15) is 37.5 Å². The molecule has 4 rings (SSSR count). The van der Waals surface area contributed by atoms with E-state index in [9.17, 15) is 0 Å². The van der Waals surface area contributed by atoms with Crippen LogP contribution in [-0.4, -0.2) is 37.2 Å². The SMILES string of the molecule is C[C@@H]1CCCN1CCc1cc2ccc(C3=CCCOC3)cc2o1. The van der Waals surface area contributed by atoms with E-state index in [1.165, 1.54) is 35.9 Å². The van der Waals surface area contributed by atoms with Crippen LogP contribution in [0.3, 0.4) is 0 Å². The highest BCUT2D eigenvalue weighted by Gasteiger charge is 2.20. The highest BCUT2D eigenvalue weighted by molar-refractivity contribution is 5.83. The summed E-state index contributed by atoms with van der Waals surface area (Å²) in [7, 11) is 0. The first-order chi connectivity index (χ1) is 11.3. The van der Waals surface area contributed by atoms with Crippen molar-refractivity contribution >= 4 is 16.5 Å². The Bertz CT molecular complexity index is 716. The van der Waals surface area contributed by atoms with E-state index in [-0.39, 0.29) is 0 Å². The van der Waals surface area contributed by atoms with E-state index in [0.29, 0.717) is 6.61 Å². The van der Waals surface area contributed by atoms with E-state index in [0.717, 1.165) is 43.4 Å². The molecule has 1 aromatic heterocycles. The second-order valence-corrected chi connectivity index (χ2v) is 6.81. The van der Waals surface area contributed by atoms with Gasteiger partial charge in [0.1, 0.15) is 11.3 Å². The Morgan fingerprint density at radius 3 is 3.00 bits per heavy atom. The predicted molar refractivity (Wildman–Crippen MR) is 93.6 cm³/mol. The summed E-state index contributed by atoms with van der Waals surface area (Å²) in [6, 6.07) is 9.45. The van der Waals surface area contributed by atoms with Gasteiger partial charge in [-0.15, -0.1) is 0 Å². The molecule has 1 atom stereocenters. The number of rotatable bonds is 4. The molecule has 0 unspecified atom stereocenters. The van der Waals surface area contributed by atoms with Crippen molar-refractivity contribution in [1.29, 1.82) is 0 Å². The maximum Gasteiger partial charge on any atom is 0.134 e. The van der Waals surface area contributed by atoms with E-state index in [4.69, 9.17) is 9.15 Å². The normalized spacial score (nSPS) is 22.7. The fourth-order valence-electron chi connectivity index (χ4n) is 3.75. The third kappa shape index (κ3) is 3.22. The van der Waals surface area contributed by atoms with Crippen LogP contribution in [-0.2, 0) is 11.2 Å². The molecule has 0 spiro atoms. The summed E-state index contributed by atoms with van der Waals surface area (Å²) in [5.74, 6) is 1.10. The van der Waals surface area contributed by atoms with Gasteiger partial charge < -0.3 is 14.1 Å². The van der Waals surface area contributed by atoms with Crippen molar-refractivity contribution in [3.63, 3.8) is 0 Å². The van der Waals surface area contributed by atoms with Crippen LogP contribution >= 0.6 is 0 Å². The van der Waals surface area contributed by atoms with Crippen LogP contribution in [0.4, 0.5) is 0 Å². The van der Waals surface area contributed by atoms with Gasteiger partial charge in [-0.1, -0.05) is 18.2 Å². The Balaban J connectivity index is 1.50. The molecule has 3 heteroatoms. The zero-order valence-corrected chi connectivity index (χ0v) is 13.9. The molecule has 1 aromatic carbocycles. The highest BCUT2D eigenvalue weighted by atomic mass is 16.5. The number of hydrogen-bond donors (Lipinski definition) is 0. The average molecular weight is 311 g/mol. The Morgan fingerprint density at radius 1 is 1.26 bits per heavy atom. The molecule has 1 saturated heterocycles. The van der Waals surface area contributed by atoms with Crippen molar-refractivity contribution < 1.29 is 9.15 Å². The summed E-state index contributed by atoms with van der Waals surface area (Å²) < 4.78 is 11.7. The lowest BCUT2D eigenvalue weighted by molar-refractivity contribution is 0.164. The fraction of sp³-hybridized carbons (Fsp3) is 0.500. The van der Waals surface area contributed by atoms with E-state index < -0.39 is 0 Å². The zero-order chi connectivity index (χ0) is 15.6. The summed E-state index contributed by atoms with van der Waals surface area (Å²) in [6.45, 7) is 6.22. The molecule has 0 saturated carbocycles. The minimum absolute atomic E-state index is 0.714. The van der Waals surface area contributed by atoms with Crippen molar-refractivity contribution in [1.82, 2.24) is 4.90 Å². The van der Waals surface area contributed by atoms with Crippen molar-refractivity contribution in [2.75, 3.05) is 26.3 Å². The van der Waals surface area contributed by atoms with Crippen LogP contribution in [0.15, 0.2) is 34.8 Å². The first-order valence-electron chi connectivity index (χ1n) is 8.83. The minimum atomic E-state index is 0.714. The van der Waals surface area contributed by atoms with Crippen molar-refractivity contribution in [2.24, 2.45) is 0 Å². The third-order valence-corrected chi connectivity index (χ3v) is 5.19. The molecule has 2 aromatic rings. The summed E-state index contributed by atoms with van der Waals surface area (Å²) >= 11 is 0. The van der Waals surface area contributed by atoms with E-state index in [1.54, 1.807) is 0 Å². The maximum absolute atomic E-state index is 6.10. The molecule has 3 nitrogen and oxygen atoms in total. The average Bonchev–Trinajstić information content (AvgIpc) is 3.18. The third-order valence-electron chi connectivity index (χ3n) is 5.19. The molecule has 3 heterocycles. The minimum Gasteiger partial charge on any atom is -0.461 e. The van der Waals surface area contributed by atoms with Crippen LogP contribution in [0.25, 0.3) is 16.5 Å². The standard InChI is InChI=1S/C20H25NO2/c1-15-4-2-9-21(15)10-8-19-12-17-7-6-16(13-20(17)23-19)18-5-3-11-22-14-18/h5-7,12-13,15H,2-4,8-11,14H2,1H3/t15-/m1/s1. The van der Waals surface area contributed by atoms with Crippen molar-refractivity contribution in [3.8, 4) is 0 Å². The monoisotopic (exact) mass is 311 g/mol. The molecular formula is C20H25NO2. The number of furan rings is 1. The molecule has 23 heavy (non-hydrogen) atoms. The molecule has 2 aliphatic rings. The predicted octanol–water partition coefficient (Wildman–Crippen LogP) is 4.26. The van der Waals surface area contributed by atoms with Gasteiger partial charge >= 0.3 is 0 Å². The van der Waals surface area contributed by atoms with Gasteiger partial charge in [0.2, 0.25) is 0 Å². The molecule has 0 radical (unpaired) electrons. The molecule has 1 fully saturated rings. The van der Waals surface area contributed by atoms with E-state index >= 15 is 0 Å². The molecule has 0 bridgehead atoms.